The molecule has 5 heteroatoms. The highest BCUT2D eigenvalue weighted by Crippen LogP contribution is 2.06. The Balaban J connectivity index is 2.50. The molecule has 0 aliphatic carbocycles. The van der Waals surface area contributed by atoms with Crippen molar-refractivity contribution in [3.05, 3.63) is 35.9 Å². The Morgan fingerprint density at radius 1 is 1.29 bits per heavy atom. The summed E-state index contributed by atoms with van der Waals surface area (Å²) in [5.74, 6) is 0. The van der Waals surface area contributed by atoms with E-state index in [0.29, 0.717) is 13.0 Å². The van der Waals surface area contributed by atoms with Crippen molar-refractivity contribution < 1.29 is 8.42 Å². The molecule has 0 atom stereocenters. The molecule has 1 aromatic rings. The van der Waals surface area contributed by atoms with Crippen LogP contribution >= 0.6 is 10.7 Å². The number of halogens is 1. The van der Waals surface area contributed by atoms with Gasteiger partial charge in [-0.05, 0) is 12.0 Å². The summed E-state index contributed by atoms with van der Waals surface area (Å²) in [6.07, 6.45) is 0.670. The van der Waals surface area contributed by atoms with Crippen LogP contribution in [0, 0.1) is 0 Å². The minimum atomic E-state index is -3.57. The molecule has 0 N–H and O–H groups in total. The van der Waals surface area contributed by atoms with E-state index >= 15 is 0 Å². The number of rotatable bonds is 4. The Labute approximate surface area is 88.9 Å². The topological polar surface area (TPSA) is 37.4 Å². The maximum absolute atomic E-state index is 10.8. The van der Waals surface area contributed by atoms with Gasteiger partial charge in [0.05, 0.1) is 0 Å². The second-order valence-electron chi connectivity index (χ2n) is 3.00. The molecular formula is C9H12ClNO2S. The zero-order valence-electron chi connectivity index (χ0n) is 7.85. The van der Waals surface area contributed by atoms with Gasteiger partial charge >= 0.3 is 0 Å². The van der Waals surface area contributed by atoms with E-state index in [0.717, 1.165) is 9.87 Å². The number of likely N-dealkylation sites (N-methyl/N-ethyl adjacent to an activating group) is 1. The highest BCUT2D eigenvalue weighted by atomic mass is 35.7. The normalized spacial score (nSPS) is 11.9. The van der Waals surface area contributed by atoms with Crippen LogP contribution in [0.4, 0.5) is 0 Å². The molecule has 1 aromatic carbocycles. The zero-order chi connectivity index (χ0) is 10.6. The lowest BCUT2D eigenvalue weighted by molar-refractivity contribution is 0.486. The first-order chi connectivity index (χ1) is 6.50. The van der Waals surface area contributed by atoms with E-state index in [-0.39, 0.29) is 0 Å². The van der Waals surface area contributed by atoms with Crippen molar-refractivity contribution >= 4 is 19.9 Å². The fourth-order valence-electron chi connectivity index (χ4n) is 1.04. The lowest BCUT2D eigenvalue weighted by Crippen LogP contribution is -2.24. The van der Waals surface area contributed by atoms with Gasteiger partial charge in [0.25, 0.3) is 9.24 Å². The molecule has 0 bridgehead atoms. The number of hydrogen-bond donors (Lipinski definition) is 0. The van der Waals surface area contributed by atoms with E-state index < -0.39 is 9.24 Å². The van der Waals surface area contributed by atoms with E-state index in [2.05, 4.69) is 0 Å². The number of hydrogen-bond acceptors (Lipinski definition) is 2. The second kappa shape index (κ2) is 4.77. The average Bonchev–Trinajstić information content (AvgIpc) is 2.14. The van der Waals surface area contributed by atoms with Crippen LogP contribution in [0.25, 0.3) is 0 Å². The van der Waals surface area contributed by atoms with Crippen LogP contribution in [0.15, 0.2) is 30.3 Å². The third kappa shape index (κ3) is 3.65. The van der Waals surface area contributed by atoms with Gasteiger partial charge in [0.15, 0.2) is 0 Å². The monoisotopic (exact) mass is 233 g/mol. The Bertz CT molecular complexity index is 377. The van der Waals surface area contributed by atoms with Crippen LogP contribution in [-0.4, -0.2) is 26.3 Å². The molecule has 0 radical (unpaired) electrons. The second-order valence-corrected chi connectivity index (χ2v) is 5.62. The predicted octanol–water partition coefficient (Wildman–Crippen LogP) is 1.64. The molecule has 0 heterocycles. The third-order valence-electron chi connectivity index (χ3n) is 1.93. The van der Waals surface area contributed by atoms with Crippen LogP contribution in [0.3, 0.4) is 0 Å². The molecule has 14 heavy (non-hydrogen) atoms. The standard InChI is InChI=1S/C9H12ClNO2S/c1-11(14(10,12)13)8-7-9-5-3-2-4-6-9/h2-6H,7-8H2,1H3. The van der Waals surface area contributed by atoms with Crippen LogP contribution < -0.4 is 0 Å². The van der Waals surface area contributed by atoms with Gasteiger partial charge in [0.2, 0.25) is 0 Å². The van der Waals surface area contributed by atoms with Gasteiger partial charge in [-0.2, -0.15) is 12.7 Å². The summed E-state index contributed by atoms with van der Waals surface area (Å²) in [6, 6.07) is 9.67. The minimum absolute atomic E-state index is 0.399. The maximum Gasteiger partial charge on any atom is 0.299 e. The van der Waals surface area contributed by atoms with Gasteiger partial charge in [-0.15, -0.1) is 0 Å². The molecule has 78 valence electrons. The lowest BCUT2D eigenvalue weighted by Gasteiger charge is -2.11. The summed E-state index contributed by atoms with van der Waals surface area (Å²) in [7, 11) is 3.04. The van der Waals surface area contributed by atoms with Gasteiger partial charge in [-0.3, -0.25) is 0 Å². The number of nitrogens with zero attached hydrogens (tertiary/aromatic N) is 1. The largest absolute Gasteiger partial charge is 0.299 e. The Morgan fingerprint density at radius 2 is 1.86 bits per heavy atom. The Morgan fingerprint density at radius 3 is 2.36 bits per heavy atom. The molecule has 0 fully saturated rings. The summed E-state index contributed by atoms with van der Waals surface area (Å²) in [4.78, 5) is 0. The molecule has 0 amide bonds. The third-order valence-corrected chi connectivity index (χ3v) is 3.56. The van der Waals surface area contributed by atoms with Gasteiger partial charge in [0.1, 0.15) is 0 Å². The SMILES string of the molecule is CN(CCc1ccccc1)S(=O)(=O)Cl. The first-order valence-corrected chi connectivity index (χ1v) is 6.46. The fourth-order valence-corrected chi connectivity index (χ4v) is 1.56. The number of benzene rings is 1. The smallest absolute Gasteiger partial charge is 0.195 e. The van der Waals surface area contributed by atoms with E-state index in [9.17, 15) is 8.42 Å². The van der Waals surface area contributed by atoms with Crippen LogP contribution in [0.5, 0.6) is 0 Å². The quantitative estimate of drug-likeness (QED) is 0.742. The van der Waals surface area contributed by atoms with Crippen LogP contribution in [-0.2, 0) is 15.7 Å². The molecular weight excluding hydrogens is 222 g/mol. The molecule has 3 nitrogen and oxygen atoms in total. The molecule has 0 unspecified atom stereocenters. The van der Waals surface area contributed by atoms with Gasteiger partial charge in [0, 0.05) is 24.3 Å². The summed E-state index contributed by atoms with van der Waals surface area (Å²) in [6.45, 7) is 0.399. The molecule has 0 aliphatic heterocycles. The van der Waals surface area contributed by atoms with Crippen molar-refractivity contribution in [3.63, 3.8) is 0 Å². The summed E-state index contributed by atoms with van der Waals surface area (Å²) in [5.41, 5.74) is 1.10. The molecule has 0 spiro atoms. The van der Waals surface area contributed by atoms with Crippen molar-refractivity contribution in [2.75, 3.05) is 13.6 Å². The molecule has 0 saturated heterocycles. The summed E-state index contributed by atoms with van der Waals surface area (Å²) >= 11 is 0. The lowest BCUT2D eigenvalue weighted by atomic mass is 10.2. The Kier molecular flexibility index (Phi) is 3.92. The highest BCUT2D eigenvalue weighted by Gasteiger charge is 2.12. The van der Waals surface area contributed by atoms with Crippen molar-refractivity contribution in [1.82, 2.24) is 4.31 Å². The highest BCUT2D eigenvalue weighted by molar-refractivity contribution is 8.11. The van der Waals surface area contributed by atoms with Crippen molar-refractivity contribution in [2.24, 2.45) is 0 Å². The van der Waals surface area contributed by atoms with Crippen molar-refractivity contribution in [2.45, 2.75) is 6.42 Å². The van der Waals surface area contributed by atoms with Gasteiger partial charge < -0.3 is 0 Å². The van der Waals surface area contributed by atoms with Crippen LogP contribution in [0.1, 0.15) is 5.56 Å². The van der Waals surface area contributed by atoms with Crippen molar-refractivity contribution in [3.8, 4) is 0 Å². The predicted molar refractivity (Wildman–Crippen MR) is 57.5 cm³/mol. The summed E-state index contributed by atoms with van der Waals surface area (Å²) < 4.78 is 22.8. The van der Waals surface area contributed by atoms with E-state index in [1.807, 2.05) is 30.3 Å². The Hall–Kier alpha value is -0.580. The van der Waals surface area contributed by atoms with Crippen molar-refractivity contribution in [1.29, 1.82) is 0 Å². The van der Waals surface area contributed by atoms with Gasteiger partial charge in [-0.25, -0.2) is 0 Å². The minimum Gasteiger partial charge on any atom is -0.195 e. The molecule has 0 saturated carbocycles. The van der Waals surface area contributed by atoms with E-state index in [1.165, 1.54) is 7.05 Å². The fraction of sp³-hybridized carbons (Fsp3) is 0.333. The summed E-state index contributed by atoms with van der Waals surface area (Å²) in [5, 5.41) is 0. The van der Waals surface area contributed by atoms with Gasteiger partial charge in [-0.1, -0.05) is 30.3 Å². The average molecular weight is 234 g/mol. The van der Waals surface area contributed by atoms with Crippen LogP contribution in [0.2, 0.25) is 0 Å². The zero-order valence-corrected chi connectivity index (χ0v) is 9.42. The van der Waals surface area contributed by atoms with E-state index in [1.54, 1.807) is 0 Å². The maximum atomic E-state index is 10.8. The van der Waals surface area contributed by atoms with E-state index in [4.69, 9.17) is 10.7 Å². The molecule has 0 aromatic heterocycles. The first kappa shape index (κ1) is 11.5. The first-order valence-electron chi connectivity index (χ1n) is 4.20. The molecule has 0 aliphatic rings. The molecule has 1 rings (SSSR count).